The fraction of sp³-hybridized carbons (Fsp3) is 0.977. The molecular formula is C44H89O7. The highest BCUT2D eigenvalue weighted by Crippen LogP contribution is 2.16. The van der Waals surface area contributed by atoms with Crippen LogP contribution in [0.4, 0.5) is 0 Å². The van der Waals surface area contributed by atoms with Crippen LogP contribution in [0.3, 0.4) is 0 Å². The minimum absolute atomic E-state index is 0.0430. The average molecular weight is 730 g/mol. The summed E-state index contributed by atoms with van der Waals surface area (Å²) in [5.41, 5.74) is 0. The maximum Gasteiger partial charge on any atom is 0.0701 e. The van der Waals surface area contributed by atoms with Crippen LogP contribution in [0.5, 0.6) is 0 Å². The number of aliphatic hydroxyl groups excluding tert-OH is 1. The predicted molar refractivity (Wildman–Crippen MR) is 216 cm³/mol. The fourth-order valence-corrected chi connectivity index (χ4v) is 6.42. The van der Waals surface area contributed by atoms with Crippen molar-refractivity contribution >= 4 is 0 Å². The van der Waals surface area contributed by atoms with Gasteiger partial charge in [-0.1, -0.05) is 193 Å². The van der Waals surface area contributed by atoms with Gasteiger partial charge < -0.3 is 33.5 Å². The van der Waals surface area contributed by atoms with E-state index in [0.717, 1.165) is 19.4 Å². The Morgan fingerprint density at radius 2 is 0.392 bits per heavy atom. The van der Waals surface area contributed by atoms with Crippen molar-refractivity contribution in [1.29, 1.82) is 0 Å². The fourth-order valence-electron chi connectivity index (χ4n) is 6.42. The molecule has 51 heavy (non-hydrogen) atoms. The lowest BCUT2D eigenvalue weighted by Gasteiger charge is -2.08. The molecule has 0 unspecified atom stereocenters. The Morgan fingerprint density at radius 1 is 0.216 bits per heavy atom. The Bertz CT molecular complexity index is 532. The summed E-state index contributed by atoms with van der Waals surface area (Å²) < 4.78 is 32.7. The highest BCUT2D eigenvalue weighted by Gasteiger charge is 1.98. The first-order valence-corrected chi connectivity index (χ1v) is 22.3. The topological polar surface area (TPSA) is 75.6 Å². The normalized spacial score (nSPS) is 11.6. The molecule has 307 valence electrons. The van der Waals surface area contributed by atoms with Crippen molar-refractivity contribution in [1.82, 2.24) is 0 Å². The second kappa shape index (κ2) is 49.7. The zero-order chi connectivity index (χ0) is 36.6. The molecule has 0 amide bonds. The number of hydrogen-bond acceptors (Lipinski definition) is 7. The first kappa shape index (κ1) is 50.7. The second-order valence-corrected chi connectivity index (χ2v) is 14.5. The summed E-state index contributed by atoms with van der Waals surface area (Å²) in [6.45, 7) is 10.8. The van der Waals surface area contributed by atoms with Gasteiger partial charge in [0.25, 0.3) is 0 Å². The quantitative estimate of drug-likeness (QED) is 0.0625. The van der Waals surface area contributed by atoms with Crippen LogP contribution in [0.25, 0.3) is 0 Å². The van der Waals surface area contributed by atoms with Gasteiger partial charge in [0.05, 0.1) is 79.3 Å². The van der Waals surface area contributed by atoms with Crippen molar-refractivity contribution in [2.24, 2.45) is 0 Å². The summed E-state index contributed by atoms with van der Waals surface area (Å²) in [4.78, 5) is 0. The zero-order valence-electron chi connectivity index (χ0n) is 34.0. The lowest BCUT2D eigenvalue weighted by atomic mass is 10.0. The van der Waals surface area contributed by atoms with Gasteiger partial charge in [0, 0.05) is 6.61 Å². The van der Waals surface area contributed by atoms with Crippen molar-refractivity contribution in [3.8, 4) is 0 Å². The molecule has 0 atom stereocenters. The highest BCUT2D eigenvalue weighted by molar-refractivity contribution is 4.53. The number of rotatable bonds is 48. The van der Waals surface area contributed by atoms with E-state index in [0.29, 0.717) is 72.7 Å². The van der Waals surface area contributed by atoms with Crippen LogP contribution in [-0.4, -0.2) is 91.0 Å². The standard InChI is InChI=1S/C44H89O7/c1-2-3-4-5-6-7-8-9-10-11-12-13-14-15-16-17-18-19-20-21-22-23-24-25-26-27-28-29-30-31-33-46-35-37-48-39-41-50-43-44-51-42-40-49-38-36-47-34-32-45/h45H,1-44H2. The van der Waals surface area contributed by atoms with E-state index in [1.165, 1.54) is 180 Å². The molecule has 0 bridgehead atoms. The van der Waals surface area contributed by atoms with Gasteiger partial charge in [-0.05, 0) is 6.42 Å². The Kier molecular flexibility index (Phi) is 49.4. The molecule has 0 aromatic heterocycles. The molecular weight excluding hydrogens is 640 g/mol. The van der Waals surface area contributed by atoms with Crippen molar-refractivity contribution in [3.05, 3.63) is 6.92 Å². The number of aliphatic hydroxyl groups is 1. The molecule has 0 aliphatic heterocycles. The molecule has 0 saturated carbocycles. The SMILES string of the molecule is [CH2]CCCCCCCCCCCCCCCCCCCCCCCCCCCCCCCOCCOCCOCCOCCOCCOCCO. The Morgan fingerprint density at radius 3 is 0.608 bits per heavy atom. The van der Waals surface area contributed by atoms with E-state index < -0.39 is 0 Å². The molecule has 0 aliphatic carbocycles. The largest absolute Gasteiger partial charge is 0.394 e. The molecule has 0 heterocycles. The Hall–Kier alpha value is -0.280. The molecule has 1 radical (unpaired) electrons. The summed E-state index contributed by atoms with van der Waals surface area (Å²) in [6, 6.07) is 0. The van der Waals surface area contributed by atoms with Crippen LogP contribution >= 0.6 is 0 Å². The monoisotopic (exact) mass is 730 g/mol. The van der Waals surface area contributed by atoms with E-state index in [9.17, 15) is 0 Å². The van der Waals surface area contributed by atoms with Gasteiger partial charge in [0.1, 0.15) is 0 Å². The van der Waals surface area contributed by atoms with E-state index in [-0.39, 0.29) is 6.61 Å². The molecule has 0 aromatic rings. The smallest absolute Gasteiger partial charge is 0.0701 e. The van der Waals surface area contributed by atoms with Gasteiger partial charge in [-0.15, -0.1) is 0 Å². The number of unbranched alkanes of at least 4 members (excludes halogenated alkanes) is 29. The maximum absolute atomic E-state index is 8.60. The van der Waals surface area contributed by atoms with Crippen LogP contribution in [0, 0.1) is 6.92 Å². The molecule has 0 aromatic carbocycles. The third-order valence-corrected chi connectivity index (χ3v) is 9.63. The molecule has 7 nitrogen and oxygen atoms in total. The van der Waals surface area contributed by atoms with Gasteiger partial charge in [0.2, 0.25) is 0 Å². The second-order valence-electron chi connectivity index (χ2n) is 14.5. The van der Waals surface area contributed by atoms with Gasteiger partial charge in [0.15, 0.2) is 0 Å². The van der Waals surface area contributed by atoms with Crippen LogP contribution in [-0.2, 0) is 28.4 Å². The summed E-state index contributed by atoms with van der Waals surface area (Å²) in [7, 11) is 0. The Labute approximate surface area is 318 Å². The van der Waals surface area contributed by atoms with E-state index in [2.05, 4.69) is 6.92 Å². The van der Waals surface area contributed by atoms with Crippen LogP contribution in [0.2, 0.25) is 0 Å². The van der Waals surface area contributed by atoms with Crippen LogP contribution < -0.4 is 0 Å². The predicted octanol–water partition coefficient (Wildman–Crippen LogP) is 11.6. The lowest BCUT2D eigenvalue weighted by molar-refractivity contribution is -0.0182. The van der Waals surface area contributed by atoms with E-state index >= 15 is 0 Å². The van der Waals surface area contributed by atoms with Crippen molar-refractivity contribution < 1.29 is 33.5 Å². The third-order valence-electron chi connectivity index (χ3n) is 9.63. The molecule has 1 N–H and O–H groups in total. The lowest BCUT2D eigenvalue weighted by Crippen LogP contribution is -2.14. The summed E-state index contributed by atoms with van der Waals surface area (Å²) in [5.74, 6) is 0. The van der Waals surface area contributed by atoms with Crippen LogP contribution in [0.15, 0.2) is 0 Å². The summed E-state index contributed by atoms with van der Waals surface area (Å²) in [6.07, 6.45) is 42.4. The average Bonchev–Trinajstić information content (AvgIpc) is 3.14. The molecule has 0 saturated heterocycles. The number of ether oxygens (including phenoxy) is 6. The zero-order valence-corrected chi connectivity index (χ0v) is 34.0. The highest BCUT2D eigenvalue weighted by atomic mass is 16.6. The first-order valence-electron chi connectivity index (χ1n) is 22.3. The minimum atomic E-state index is 0.0430. The molecule has 7 heteroatoms. The minimum Gasteiger partial charge on any atom is -0.394 e. The van der Waals surface area contributed by atoms with Gasteiger partial charge in [-0.25, -0.2) is 0 Å². The van der Waals surface area contributed by atoms with E-state index in [1.807, 2.05) is 0 Å². The Balaban J connectivity index is 3.04. The van der Waals surface area contributed by atoms with Crippen molar-refractivity contribution in [2.75, 3.05) is 85.9 Å². The molecule has 0 spiro atoms. The van der Waals surface area contributed by atoms with Crippen molar-refractivity contribution in [3.63, 3.8) is 0 Å². The van der Waals surface area contributed by atoms with E-state index in [1.54, 1.807) is 0 Å². The van der Waals surface area contributed by atoms with Crippen molar-refractivity contribution in [2.45, 2.75) is 193 Å². The number of hydrogen-bond donors (Lipinski definition) is 1. The summed E-state index contributed by atoms with van der Waals surface area (Å²) >= 11 is 0. The first-order chi connectivity index (χ1) is 25.4. The van der Waals surface area contributed by atoms with Crippen LogP contribution in [0.1, 0.15) is 193 Å². The van der Waals surface area contributed by atoms with E-state index in [4.69, 9.17) is 33.5 Å². The third kappa shape index (κ3) is 49.7. The maximum atomic E-state index is 8.60. The van der Waals surface area contributed by atoms with Gasteiger partial charge >= 0.3 is 0 Å². The molecule has 0 aliphatic rings. The van der Waals surface area contributed by atoms with Gasteiger partial charge in [-0.3, -0.25) is 0 Å². The summed E-state index contributed by atoms with van der Waals surface area (Å²) in [5, 5.41) is 8.60. The molecule has 0 rings (SSSR count). The molecule has 0 fully saturated rings. The van der Waals surface area contributed by atoms with Gasteiger partial charge in [-0.2, -0.15) is 0 Å².